The Hall–Kier alpha value is 0.230. The van der Waals surface area contributed by atoms with Crippen molar-refractivity contribution in [1.29, 1.82) is 0 Å². The van der Waals surface area contributed by atoms with Gasteiger partial charge in [0.25, 0.3) is 0 Å². The van der Waals surface area contributed by atoms with Gasteiger partial charge in [0.2, 0.25) is 0 Å². The van der Waals surface area contributed by atoms with Crippen LogP contribution in [0.3, 0.4) is 0 Å². The van der Waals surface area contributed by atoms with Crippen molar-refractivity contribution < 1.29 is 9.94 Å². The molecule has 0 saturated carbocycles. The lowest BCUT2D eigenvalue weighted by Crippen LogP contribution is -2.39. The van der Waals surface area contributed by atoms with Crippen LogP contribution in [0.1, 0.15) is 12.8 Å². The minimum atomic E-state index is -0.639. The number of rotatable bonds is 2. The van der Waals surface area contributed by atoms with Gasteiger partial charge in [0.15, 0.2) is 0 Å². The lowest BCUT2D eigenvalue weighted by molar-refractivity contribution is -0.0522. The molecule has 0 spiro atoms. The molecule has 3 N–H and O–H groups in total. The summed E-state index contributed by atoms with van der Waals surface area (Å²) in [5, 5.41) is 9.65. The summed E-state index contributed by atoms with van der Waals surface area (Å²) < 4.78 is 0. The van der Waals surface area contributed by atoms with Crippen LogP contribution in [0.5, 0.6) is 0 Å². The minimum Gasteiger partial charge on any atom is -0.387 e. The van der Waals surface area contributed by atoms with Crippen molar-refractivity contribution in [2.45, 2.75) is 18.4 Å². The molecule has 1 aliphatic rings. The second kappa shape index (κ2) is 3.57. The van der Waals surface area contributed by atoms with E-state index in [9.17, 15) is 5.11 Å². The van der Waals surface area contributed by atoms with Gasteiger partial charge in [-0.25, -0.2) is 5.90 Å². The van der Waals surface area contributed by atoms with Crippen molar-refractivity contribution in [2.24, 2.45) is 5.90 Å². The fourth-order valence-corrected chi connectivity index (χ4v) is 2.30. The first-order valence-electron chi connectivity index (χ1n) is 3.39. The van der Waals surface area contributed by atoms with Crippen molar-refractivity contribution in [3.63, 3.8) is 0 Å². The molecule has 4 heteroatoms. The van der Waals surface area contributed by atoms with Gasteiger partial charge in [-0.15, -0.1) is 0 Å². The first-order chi connectivity index (χ1) is 4.77. The smallest absolute Gasteiger partial charge is 0.0967 e. The van der Waals surface area contributed by atoms with Gasteiger partial charge in [-0.1, -0.05) is 0 Å². The predicted molar refractivity (Wildman–Crippen MR) is 41.6 cm³/mol. The van der Waals surface area contributed by atoms with Crippen molar-refractivity contribution >= 4 is 11.8 Å². The Labute approximate surface area is 64.9 Å². The fraction of sp³-hybridized carbons (Fsp3) is 1.00. The summed E-state index contributed by atoms with van der Waals surface area (Å²) in [4.78, 5) is 4.43. The van der Waals surface area contributed by atoms with Gasteiger partial charge < -0.3 is 9.94 Å². The molecule has 0 aromatic rings. The van der Waals surface area contributed by atoms with Crippen LogP contribution in [0, 0.1) is 0 Å². The largest absolute Gasteiger partial charge is 0.387 e. The summed E-state index contributed by atoms with van der Waals surface area (Å²) in [5.41, 5.74) is -0.639. The standard InChI is InChI=1S/C6H13NO2S/c7-9-5-6(8)1-3-10-4-2-6/h8H,1-5,7H2. The molecule has 0 aromatic carbocycles. The van der Waals surface area contributed by atoms with E-state index in [-0.39, 0.29) is 6.61 Å². The average molecular weight is 163 g/mol. The minimum absolute atomic E-state index is 0.271. The van der Waals surface area contributed by atoms with Gasteiger partial charge in [-0.2, -0.15) is 11.8 Å². The van der Waals surface area contributed by atoms with Crippen LogP contribution in [0.4, 0.5) is 0 Å². The van der Waals surface area contributed by atoms with Gasteiger partial charge in [-0.05, 0) is 24.3 Å². The monoisotopic (exact) mass is 163 g/mol. The quantitative estimate of drug-likeness (QED) is 0.568. The lowest BCUT2D eigenvalue weighted by atomic mass is 9.98. The van der Waals surface area contributed by atoms with Gasteiger partial charge in [-0.3, -0.25) is 0 Å². The molecule has 1 fully saturated rings. The highest BCUT2D eigenvalue weighted by molar-refractivity contribution is 7.99. The average Bonchev–Trinajstić information content (AvgIpc) is 1.89. The predicted octanol–water partition coefficient (Wildman–Crippen LogP) is 0.135. The Kier molecular flexibility index (Phi) is 2.97. The van der Waals surface area contributed by atoms with E-state index in [1.165, 1.54) is 0 Å². The van der Waals surface area contributed by atoms with Crippen LogP contribution in [0.15, 0.2) is 0 Å². The summed E-state index contributed by atoms with van der Waals surface area (Å²) >= 11 is 1.87. The van der Waals surface area contributed by atoms with Crippen molar-refractivity contribution in [3.05, 3.63) is 0 Å². The molecule has 0 unspecified atom stereocenters. The van der Waals surface area contributed by atoms with Gasteiger partial charge in [0, 0.05) is 0 Å². The summed E-state index contributed by atoms with van der Waals surface area (Å²) in [6.07, 6.45) is 1.60. The van der Waals surface area contributed by atoms with Crippen LogP contribution in [-0.4, -0.2) is 28.8 Å². The molecule has 60 valence electrons. The molecule has 1 heterocycles. The summed E-state index contributed by atoms with van der Waals surface area (Å²) in [7, 11) is 0. The lowest BCUT2D eigenvalue weighted by Gasteiger charge is -2.30. The Morgan fingerprint density at radius 1 is 1.50 bits per heavy atom. The highest BCUT2D eigenvalue weighted by Crippen LogP contribution is 2.26. The maximum atomic E-state index is 9.65. The fourth-order valence-electron chi connectivity index (χ4n) is 1.05. The van der Waals surface area contributed by atoms with E-state index in [4.69, 9.17) is 5.90 Å². The third-order valence-electron chi connectivity index (χ3n) is 1.78. The second-order valence-corrected chi connectivity index (χ2v) is 3.87. The first-order valence-corrected chi connectivity index (χ1v) is 4.54. The Balaban J connectivity index is 2.32. The van der Waals surface area contributed by atoms with Gasteiger partial charge in [0.1, 0.15) is 0 Å². The molecule has 1 rings (SSSR count). The molecule has 1 aliphatic heterocycles. The Morgan fingerprint density at radius 3 is 2.60 bits per heavy atom. The van der Waals surface area contributed by atoms with Gasteiger partial charge >= 0.3 is 0 Å². The third-order valence-corrected chi connectivity index (χ3v) is 2.76. The topological polar surface area (TPSA) is 55.5 Å². The highest BCUT2D eigenvalue weighted by Gasteiger charge is 2.29. The third kappa shape index (κ3) is 2.12. The highest BCUT2D eigenvalue weighted by atomic mass is 32.2. The summed E-state index contributed by atoms with van der Waals surface area (Å²) in [6.45, 7) is 0.271. The summed E-state index contributed by atoms with van der Waals surface area (Å²) in [6, 6.07) is 0. The van der Waals surface area contributed by atoms with E-state index in [0.29, 0.717) is 0 Å². The van der Waals surface area contributed by atoms with E-state index in [1.807, 2.05) is 11.8 Å². The number of nitrogens with two attached hydrogens (primary N) is 1. The Bertz CT molecular complexity index is 98.4. The van der Waals surface area contributed by atoms with Crippen molar-refractivity contribution in [1.82, 2.24) is 0 Å². The SMILES string of the molecule is NOCC1(O)CCSCC1. The second-order valence-electron chi connectivity index (χ2n) is 2.65. The molecule has 0 atom stereocenters. The molecule has 10 heavy (non-hydrogen) atoms. The molecular formula is C6H13NO2S. The zero-order valence-corrected chi connectivity index (χ0v) is 6.69. The Morgan fingerprint density at radius 2 is 2.10 bits per heavy atom. The van der Waals surface area contributed by atoms with Crippen molar-refractivity contribution in [3.8, 4) is 0 Å². The summed E-state index contributed by atoms with van der Waals surface area (Å²) in [5.74, 6) is 6.91. The maximum Gasteiger partial charge on any atom is 0.0967 e. The molecule has 0 radical (unpaired) electrons. The number of hydrogen-bond acceptors (Lipinski definition) is 4. The van der Waals surface area contributed by atoms with Crippen LogP contribution in [-0.2, 0) is 4.84 Å². The van der Waals surface area contributed by atoms with Crippen molar-refractivity contribution in [2.75, 3.05) is 18.1 Å². The molecule has 0 aliphatic carbocycles. The number of aliphatic hydroxyl groups is 1. The molecule has 0 amide bonds. The molecular weight excluding hydrogens is 150 g/mol. The van der Waals surface area contributed by atoms with Crippen LogP contribution < -0.4 is 5.90 Å². The van der Waals surface area contributed by atoms with E-state index in [2.05, 4.69) is 4.84 Å². The van der Waals surface area contributed by atoms with E-state index in [1.54, 1.807) is 0 Å². The normalized spacial score (nSPS) is 24.6. The van der Waals surface area contributed by atoms with Crippen LogP contribution in [0.2, 0.25) is 0 Å². The molecule has 1 saturated heterocycles. The molecule has 0 aromatic heterocycles. The maximum absolute atomic E-state index is 9.65. The van der Waals surface area contributed by atoms with Crippen LogP contribution in [0.25, 0.3) is 0 Å². The molecule has 0 bridgehead atoms. The van der Waals surface area contributed by atoms with E-state index in [0.717, 1.165) is 24.3 Å². The molecule has 3 nitrogen and oxygen atoms in total. The number of thioether (sulfide) groups is 1. The zero-order chi connectivity index (χ0) is 7.45. The van der Waals surface area contributed by atoms with Crippen LogP contribution >= 0.6 is 11.8 Å². The van der Waals surface area contributed by atoms with Gasteiger partial charge in [0.05, 0.1) is 12.2 Å². The number of hydrogen-bond donors (Lipinski definition) is 2. The van der Waals surface area contributed by atoms with E-state index < -0.39 is 5.60 Å². The first kappa shape index (κ1) is 8.33. The zero-order valence-electron chi connectivity index (χ0n) is 5.88. The van der Waals surface area contributed by atoms with E-state index >= 15 is 0 Å².